The number of methoxy groups -OCH3 is 2. The van der Waals surface area contributed by atoms with Crippen molar-refractivity contribution in [1.82, 2.24) is 9.88 Å². The molecule has 3 aromatic rings. The molecule has 1 saturated carbocycles. The van der Waals surface area contributed by atoms with Crippen LogP contribution in [0.25, 0.3) is 11.1 Å². The molecule has 0 saturated heterocycles. The zero-order chi connectivity index (χ0) is 22.5. The fraction of sp³-hybridized carbons (Fsp3) is 0.333. The van der Waals surface area contributed by atoms with E-state index in [1.807, 2.05) is 47.4 Å². The Morgan fingerprint density at radius 2 is 1.84 bits per heavy atom. The molecule has 0 N–H and O–H groups in total. The molecule has 1 heterocycles. The first kappa shape index (κ1) is 21.9. The van der Waals surface area contributed by atoms with E-state index in [-0.39, 0.29) is 5.91 Å². The number of aromatic nitrogens is 1. The third-order valence-electron chi connectivity index (χ3n) is 5.92. The van der Waals surface area contributed by atoms with E-state index in [0.29, 0.717) is 29.7 Å². The predicted molar refractivity (Wildman–Crippen MR) is 126 cm³/mol. The van der Waals surface area contributed by atoms with Gasteiger partial charge in [0.2, 0.25) is 0 Å². The van der Waals surface area contributed by atoms with Gasteiger partial charge >= 0.3 is 0 Å². The molecular weight excluding hydrogens is 400 g/mol. The van der Waals surface area contributed by atoms with E-state index in [2.05, 4.69) is 24.0 Å². The Morgan fingerprint density at radius 3 is 2.56 bits per heavy atom. The van der Waals surface area contributed by atoms with Crippen LogP contribution < -0.4 is 9.47 Å². The van der Waals surface area contributed by atoms with Gasteiger partial charge in [0.1, 0.15) is 5.69 Å². The molecule has 2 aromatic carbocycles. The van der Waals surface area contributed by atoms with Crippen LogP contribution in [0.5, 0.6) is 11.5 Å². The van der Waals surface area contributed by atoms with Crippen LogP contribution in [0.1, 0.15) is 34.5 Å². The maximum atomic E-state index is 13.7. The van der Waals surface area contributed by atoms with Gasteiger partial charge in [0.05, 0.1) is 14.2 Å². The Bertz CT molecular complexity index is 1090. The van der Waals surface area contributed by atoms with Crippen LogP contribution in [-0.2, 0) is 6.42 Å². The van der Waals surface area contributed by atoms with Crippen LogP contribution in [-0.4, -0.2) is 43.1 Å². The predicted octanol–water partition coefficient (Wildman–Crippen LogP) is 5.17. The Labute approximate surface area is 190 Å². The maximum absolute atomic E-state index is 13.7. The number of aryl methyl sites for hydroxylation is 1. The number of ether oxygens (including phenoxy) is 2. The summed E-state index contributed by atoms with van der Waals surface area (Å²) in [6.07, 6.45) is 4.82. The lowest BCUT2D eigenvalue weighted by Gasteiger charge is -2.24. The van der Waals surface area contributed by atoms with Crippen LogP contribution in [0.3, 0.4) is 0 Å². The fourth-order valence-corrected chi connectivity index (χ4v) is 3.96. The molecule has 1 fully saturated rings. The van der Waals surface area contributed by atoms with E-state index in [0.717, 1.165) is 35.2 Å². The monoisotopic (exact) mass is 430 g/mol. The quantitative estimate of drug-likeness (QED) is 0.470. The van der Waals surface area contributed by atoms with Gasteiger partial charge in [0.15, 0.2) is 11.5 Å². The highest BCUT2D eigenvalue weighted by molar-refractivity contribution is 5.99. The largest absolute Gasteiger partial charge is 0.493 e. The zero-order valence-corrected chi connectivity index (χ0v) is 19.0. The molecule has 1 aliphatic rings. The average molecular weight is 431 g/mol. The first-order valence-corrected chi connectivity index (χ1v) is 11.1. The Balaban J connectivity index is 1.57. The number of hydrogen-bond donors (Lipinski definition) is 0. The number of carbonyl (C=O) groups is 1. The van der Waals surface area contributed by atoms with Crippen LogP contribution in [0, 0.1) is 12.8 Å². The maximum Gasteiger partial charge on any atom is 0.273 e. The van der Waals surface area contributed by atoms with Gasteiger partial charge < -0.3 is 14.4 Å². The van der Waals surface area contributed by atoms with Gasteiger partial charge in [-0.25, -0.2) is 0 Å². The SMILES string of the molecule is COc1ccc(CCN(CC2CC2)C(=O)c2ncccc2-c2cccc(C)c2)cc1OC. The van der Waals surface area contributed by atoms with E-state index in [9.17, 15) is 4.79 Å². The van der Waals surface area contributed by atoms with Crippen molar-refractivity contribution in [1.29, 1.82) is 0 Å². The molecule has 0 bridgehead atoms. The first-order chi connectivity index (χ1) is 15.6. The number of rotatable bonds is 9. The summed E-state index contributed by atoms with van der Waals surface area (Å²) in [7, 11) is 3.27. The Morgan fingerprint density at radius 1 is 1.03 bits per heavy atom. The van der Waals surface area contributed by atoms with Gasteiger partial charge in [-0.2, -0.15) is 0 Å². The van der Waals surface area contributed by atoms with E-state index < -0.39 is 0 Å². The van der Waals surface area contributed by atoms with Crippen molar-refractivity contribution in [3.8, 4) is 22.6 Å². The second-order valence-electron chi connectivity index (χ2n) is 8.40. The fourth-order valence-electron chi connectivity index (χ4n) is 3.96. The minimum absolute atomic E-state index is 0.00511. The summed E-state index contributed by atoms with van der Waals surface area (Å²) in [5, 5.41) is 0. The van der Waals surface area contributed by atoms with Crippen LogP contribution >= 0.6 is 0 Å². The van der Waals surface area contributed by atoms with Crippen molar-refractivity contribution in [2.75, 3.05) is 27.3 Å². The molecule has 1 aliphatic carbocycles. The minimum Gasteiger partial charge on any atom is -0.493 e. The number of amides is 1. The number of benzene rings is 2. The lowest BCUT2D eigenvalue weighted by molar-refractivity contribution is 0.0744. The van der Waals surface area contributed by atoms with Crippen molar-refractivity contribution < 1.29 is 14.3 Å². The molecule has 1 aromatic heterocycles. The second kappa shape index (κ2) is 9.86. The molecule has 5 heteroatoms. The molecule has 0 radical (unpaired) electrons. The normalized spacial score (nSPS) is 13.0. The van der Waals surface area contributed by atoms with Crippen molar-refractivity contribution in [3.05, 3.63) is 77.6 Å². The van der Waals surface area contributed by atoms with E-state index in [1.165, 1.54) is 12.8 Å². The minimum atomic E-state index is -0.00511. The van der Waals surface area contributed by atoms with Crippen molar-refractivity contribution in [2.24, 2.45) is 5.92 Å². The molecule has 0 spiro atoms. The summed E-state index contributed by atoms with van der Waals surface area (Å²) in [4.78, 5) is 20.1. The van der Waals surface area contributed by atoms with Gasteiger partial charge in [-0.3, -0.25) is 9.78 Å². The van der Waals surface area contributed by atoms with E-state index in [1.54, 1.807) is 20.4 Å². The number of nitrogens with zero attached hydrogens (tertiary/aromatic N) is 2. The molecule has 4 rings (SSSR count). The summed E-state index contributed by atoms with van der Waals surface area (Å²) < 4.78 is 10.8. The van der Waals surface area contributed by atoms with E-state index in [4.69, 9.17) is 9.47 Å². The highest BCUT2D eigenvalue weighted by Crippen LogP contribution is 2.32. The van der Waals surface area contributed by atoms with Gasteiger partial charge in [-0.1, -0.05) is 42.0 Å². The summed E-state index contributed by atoms with van der Waals surface area (Å²) in [6, 6.07) is 18.0. The Kier molecular flexibility index (Phi) is 6.74. The number of hydrogen-bond acceptors (Lipinski definition) is 4. The summed E-state index contributed by atoms with van der Waals surface area (Å²) >= 11 is 0. The van der Waals surface area contributed by atoms with E-state index >= 15 is 0 Å². The van der Waals surface area contributed by atoms with Crippen LogP contribution in [0.4, 0.5) is 0 Å². The standard InChI is InChI=1S/C27H30N2O3/c1-19-6-4-7-22(16-19)23-8-5-14-28-26(23)27(30)29(18-21-9-10-21)15-13-20-11-12-24(31-2)25(17-20)32-3/h4-8,11-12,14,16-17,21H,9-10,13,15,18H2,1-3H3. The Hall–Kier alpha value is -3.34. The topological polar surface area (TPSA) is 51.7 Å². The molecule has 0 atom stereocenters. The van der Waals surface area contributed by atoms with Crippen molar-refractivity contribution in [2.45, 2.75) is 26.2 Å². The third kappa shape index (κ3) is 5.10. The van der Waals surface area contributed by atoms with Gasteiger partial charge in [0.25, 0.3) is 5.91 Å². The highest BCUT2D eigenvalue weighted by Gasteiger charge is 2.29. The zero-order valence-electron chi connectivity index (χ0n) is 19.0. The van der Waals surface area contributed by atoms with Gasteiger partial charge in [-0.15, -0.1) is 0 Å². The molecule has 1 amide bonds. The van der Waals surface area contributed by atoms with Crippen molar-refractivity contribution in [3.63, 3.8) is 0 Å². The molecular formula is C27H30N2O3. The molecule has 0 aliphatic heterocycles. The summed E-state index contributed by atoms with van der Waals surface area (Å²) in [5.74, 6) is 2.00. The molecule has 5 nitrogen and oxygen atoms in total. The van der Waals surface area contributed by atoms with Crippen LogP contribution in [0.15, 0.2) is 60.8 Å². The summed E-state index contributed by atoms with van der Waals surface area (Å²) in [6.45, 7) is 3.47. The smallest absolute Gasteiger partial charge is 0.273 e. The second-order valence-corrected chi connectivity index (χ2v) is 8.40. The third-order valence-corrected chi connectivity index (χ3v) is 5.92. The van der Waals surface area contributed by atoms with Gasteiger partial charge in [-0.05, 0) is 61.4 Å². The molecule has 0 unspecified atom stereocenters. The lowest BCUT2D eigenvalue weighted by Crippen LogP contribution is -2.35. The number of pyridine rings is 1. The molecule has 166 valence electrons. The highest BCUT2D eigenvalue weighted by atomic mass is 16.5. The van der Waals surface area contributed by atoms with Crippen LogP contribution in [0.2, 0.25) is 0 Å². The van der Waals surface area contributed by atoms with Gasteiger partial charge in [0, 0.05) is 24.8 Å². The summed E-state index contributed by atoms with van der Waals surface area (Å²) in [5.41, 5.74) is 4.69. The lowest BCUT2D eigenvalue weighted by atomic mass is 10.0. The first-order valence-electron chi connectivity index (χ1n) is 11.1. The average Bonchev–Trinajstić information content (AvgIpc) is 3.65. The van der Waals surface area contributed by atoms with Crippen molar-refractivity contribution >= 4 is 5.91 Å². The molecule has 32 heavy (non-hydrogen) atoms. The number of carbonyl (C=O) groups excluding carboxylic acids is 1.